The van der Waals surface area contributed by atoms with Gasteiger partial charge in [-0.1, -0.05) is 17.7 Å². The molecule has 1 N–H and O–H groups in total. The van der Waals surface area contributed by atoms with Gasteiger partial charge in [-0.15, -0.1) is 0 Å². The molecule has 1 heterocycles. The van der Waals surface area contributed by atoms with Gasteiger partial charge in [0, 0.05) is 18.2 Å². The summed E-state index contributed by atoms with van der Waals surface area (Å²) in [6.45, 7) is 5.84. The fourth-order valence-electron chi connectivity index (χ4n) is 2.25. The number of hydrogen-bond donors (Lipinski definition) is 1. The smallest absolute Gasteiger partial charge is 0.124 e. The molecule has 2 unspecified atom stereocenters. The summed E-state index contributed by atoms with van der Waals surface area (Å²) in [5, 5.41) is 3.27. The first-order valence-corrected chi connectivity index (χ1v) is 6.73. The highest BCUT2D eigenvalue weighted by Crippen LogP contribution is 2.28. The van der Waals surface area contributed by atoms with Gasteiger partial charge in [0.15, 0.2) is 0 Å². The van der Waals surface area contributed by atoms with Crippen molar-refractivity contribution in [2.24, 2.45) is 0 Å². The Morgan fingerprint density at radius 2 is 2.28 bits per heavy atom. The highest BCUT2D eigenvalue weighted by atomic mass is 16.5. The van der Waals surface area contributed by atoms with Crippen LogP contribution in [0.25, 0.3) is 0 Å². The Labute approximate surface area is 109 Å². The molecule has 0 aliphatic carbocycles. The average Bonchev–Trinajstić information content (AvgIpc) is 2.41. The lowest BCUT2D eigenvalue weighted by atomic mass is 10.0. The standard InChI is InChI=1S/C15H23NO2/c1-11-6-7-15(14(9-11)12(2)16-3)18-13-5-4-8-17-10-13/h6-7,9,12-13,16H,4-5,8,10H2,1-3H3. The van der Waals surface area contributed by atoms with Gasteiger partial charge in [-0.05, 0) is 39.8 Å². The van der Waals surface area contributed by atoms with Gasteiger partial charge >= 0.3 is 0 Å². The second-order valence-corrected chi connectivity index (χ2v) is 5.01. The van der Waals surface area contributed by atoms with E-state index in [0.717, 1.165) is 25.2 Å². The molecular weight excluding hydrogens is 226 g/mol. The minimum atomic E-state index is 0.198. The Bertz CT molecular complexity index is 386. The fraction of sp³-hybridized carbons (Fsp3) is 0.600. The monoisotopic (exact) mass is 249 g/mol. The molecule has 100 valence electrons. The summed E-state index contributed by atoms with van der Waals surface area (Å²) < 4.78 is 11.6. The van der Waals surface area contributed by atoms with Crippen LogP contribution in [-0.4, -0.2) is 26.4 Å². The van der Waals surface area contributed by atoms with Crippen LogP contribution in [0.1, 0.15) is 36.9 Å². The summed E-state index contributed by atoms with van der Waals surface area (Å²) in [6, 6.07) is 6.67. The molecule has 3 nitrogen and oxygen atoms in total. The van der Waals surface area contributed by atoms with Crippen molar-refractivity contribution in [3.63, 3.8) is 0 Å². The highest BCUT2D eigenvalue weighted by Gasteiger charge is 2.18. The van der Waals surface area contributed by atoms with Gasteiger partial charge < -0.3 is 14.8 Å². The van der Waals surface area contributed by atoms with Crippen LogP contribution >= 0.6 is 0 Å². The lowest BCUT2D eigenvalue weighted by Gasteiger charge is -2.26. The zero-order chi connectivity index (χ0) is 13.0. The van der Waals surface area contributed by atoms with Crippen molar-refractivity contribution in [2.45, 2.75) is 38.8 Å². The Balaban J connectivity index is 2.15. The molecule has 0 spiro atoms. The van der Waals surface area contributed by atoms with Crippen LogP contribution < -0.4 is 10.1 Å². The van der Waals surface area contributed by atoms with Crippen LogP contribution in [0.2, 0.25) is 0 Å². The van der Waals surface area contributed by atoms with Crippen molar-refractivity contribution in [3.8, 4) is 5.75 Å². The zero-order valence-electron chi connectivity index (χ0n) is 11.5. The van der Waals surface area contributed by atoms with Crippen molar-refractivity contribution in [1.82, 2.24) is 5.32 Å². The quantitative estimate of drug-likeness (QED) is 0.890. The van der Waals surface area contributed by atoms with E-state index >= 15 is 0 Å². The van der Waals surface area contributed by atoms with E-state index in [1.54, 1.807) is 0 Å². The number of nitrogens with one attached hydrogen (secondary N) is 1. The highest BCUT2D eigenvalue weighted by molar-refractivity contribution is 5.39. The van der Waals surface area contributed by atoms with Crippen LogP contribution in [-0.2, 0) is 4.74 Å². The molecule has 1 fully saturated rings. The predicted molar refractivity (Wildman–Crippen MR) is 73.1 cm³/mol. The van der Waals surface area contributed by atoms with E-state index in [1.165, 1.54) is 11.1 Å². The lowest BCUT2D eigenvalue weighted by Crippen LogP contribution is -2.28. The van der Waals surface area contributed by atoms with Crippen LogP contribution in [0.5, 0.6) is 5.75 Å². The van der Waals surface area contributed by atoms with Crippen LogP contribution in [0.15, 0.2) is 18.2 Å². The minimum absolute atomic E-state index is 0.198. The van der Waals surface area contributed by atoms with Crippen LogP contribution in [0, 0.1) is 6.92 Å². The second-order valence-electron chi connectivity index (χ2n) is 5.01. The molecule has 18 heavy (non-hydrogen) atoms. The van der Waals surface area contributed by atoms with Gasteiger partial charge in [-0.2, -0.15) is 0 Å². The van der Waals surface area contributed by atoms with Crippen LogP contribution in [0.3, 0.4) is 0 Å². The van der Waals surface area contributed by atoms with Crippen molar-refractivity contribution in [1.29, 1.82) is 0 Å². The van der Waals surface area contributed by atoms with Gasteiger partial charge in [0.05, 0.1) is 6.61 Å². The molecule has 1 aromatic rings. The fourth-order valence-corrected chi connectivity index (χ4v) is 2.25. The van der Waals surface area contributed by atoms with Crippen molar-refractivity contribution >= 4 is 0 Å². The summed E-state index contributed by atoms with van der Waals surface area (Å²) in [4.78, 5) is 0. The van der Waals surface area contributed by atoms with Crippen molar-refractivity contribution < 1.29 is 9.47 Å². The summed E-state index contributed by atoms with van der Waals surface area (Å²) >= 11 is 0. The first-order valence-electron chi connectivity index (χ1n) is 6.73. The molecule has 0 saturated carbocycles. The van der Waals surface area contributed by atoms with E-state index in [-0.39, 0.29) is 6.10 Å². The van der Waals surface area contributed by atoms with E-state index in [9.17, 15) is 0 Å². The van der Waals surface area contributed by atoms with Crippen LogP contribution in [0.4, 0.5) is 0 Å². The average molecular weight is 249 g/mol. The second kappa shape index (κ2) is 6.21. The van der Waals surface area contributed by atoms with Crippen molar-refractivity contribution in [2.75, 3.05) is 20.3 Å². The number of ether oxygens (including phenoxy) is 2. The minimum Gasteiger partial charge on any atom is -0.488 e. The van der Waals surface area contributed by atoms with Gasteiger partial charge in [-0.25, -0.2) is 0 Å². The SMILES string of the molecule is CNC(C)c1cc(C)ccc1OC1CCCOC1. The number of benzene rings is 1. The van der Waals surface area contributed by atoms with Gasteiger partial charge in [0.25, 0.3) is 0 Å². The molecular formula is C15H23NO2. The predicted octanol–water partition coefficient (Wildman–Crippen LogP) is 2.83. The molecule has 0 amide bonds. The molecule has 0 aromatic heterocycles. The molecule has 1 aromatic carbocycles. The molecule has 3 heteroatoms. The number of hydrogen-bond acceptors (Lipinski definition) is 3. The van der Waals surface area contributed by atoms with E-state index in [0.29, 0.717) is 12.6 Å². The molecule has 1 aliphatic rings. The molecule has 2 atom stereocenters. The maximum Gasteiger partial charge on any atom is 0.124 e. The molecule has 2 rings (SSSR count). The summed E-state index contributed by atoms with van der Waals surface area (Å²) in [5.41, 5.74) is 2.49. The van der Waals surface area contributed by atoms with Gasteiger partial charge in [0.1, 0.15) is 11.9 Å². The normalized spacial score (nSPS) is 21.6. The zero-order valence-corrected chi connectivity index (χ0v) is 11.5. The Morgan fingerprint density at radius 3 is 2.94 bits per heavy atom. The molecule has 0 radical (unpaired) electrons. The van der Waals surface area contributed by atoms with E-state index in [2.05, 4.69) is 37.4 Å². The summed E-state index contributed by atoms with van der Waals surface area (Å²) in [6.07, 6.45) is 2.37. The Morgan fingerprint density at radius 1 is 1.44 bits per heavy atom. The van der Waals surface area contributed by atoms with E-state index in [4.69, 9.17) is 9.47 Å². The van der Waals surface area contributed by atoms with Gasteiger partial charge in [0.2, 0.25) is 0 Å². The number of rotatable bonds is 4. The lowest BCUT2D eigenvalue weighted by molar-refractivity contribution is 0.00687. The van der Waals surface area contributed by atoms with E-state index in [1.807, 2.05) is 7.05 Å². The molecule has 1 aliphatic heterocycles. The third-order valence-electron chi connectivity index (χ3n) is 3.48. The summed E-state index contributed by atoms with van der Waals surface area (Å²) in [5.74, 6) is 0.984. The first kappa shape index (κ1) is 13.4. The first-order chi connectivity index (χ1) is 8.70. The van der Waals surface area contributed by atoms with Gasteiger partial charge in [-0.3, -0.25) is 0 Å². The van der Waals surface area contributed by atoms with Crippen molar-refractivity contribution in [3.05, 3.63) is 29.3 Å². The number of aryl methyl sites for hydroxylation is 1. The Kier molecular flexibility index (Phi) is 4.61. The third kappa shape index (κ3) is 3.24. The Hall–Kier alpha value is -1.06. The molecule has 1 saturated heterocycles. The maximum absolute atomic E-state index is 6.10. The third-order valence-corrected chi connectivity index (χ3v) is 3.48. The van der Waals surface area contributed by atoms with E-state index < -0.39 is 0 Å². The summed E-state index contributed by atoms with van der Waals surface area (Å²) in [7, 11) is 1.97. The topological polar surface area (TPSA) is 30.5 Å². The maximum atomic E-state index is 6.10. The molecule has 0 bridgehead atoms. The largest absolute Gasteiger partial charge is 0.488 e.